The van der Waals surface area contributed by atoms with Gasteiger partial charge in [-0.2, -0.15) is 5.10 Å². The van der Waals surface area contributed by atoms with Crippen molar-refractivity contribution in [1.29, 1.82) is 0 Å². The van der Waals surface area contributed by atoms with E-state index in [1.54, 1.807) is 18.2 Å². The number of anilines is 1. The number of carbonyl (C=O) groups is 1. The molecule has 0 unspecified atom stereocenters. The molecular formula is C33H36FN5O6. The first-order valence-electron chi connectivity index (χ1n) is 14.5. The Morgan fingerprint density at radius 3 is 2.49 bits per heavy atom. The highest BCUT2D eigenvalue weighted by molar-refractivity contribution is 6.03. The largest absolute Gasteiger partial charge is 0.496 e. The molecule has 2 heterocycles. The number of ether oxygens (including phenoxy) is 2. The van der Waals surface area contributed by atoms with Crippen LogP contribution in [-0.2, 0) is 25.4 Å². The van der Waals surface area contributed by atoms with Gasteiger partial charge in [0, 0.05) is 44.5 Å². The molecule has 1 aromatic heterocycles. The molecule has 4 aromatic rings. The second kappa shape index (κ2) is 13.1. The van der Waals surface area contributed by atoms with Crippen LogP contribution in [0, 0.1) is 19.7 Å². The van der Waals surface area contributed by atoms with Gasteiger partial charge in [-0.1, -0.05) is 30.3 Å². The Labute approximate surface area is 259 Å². The molecule has 236 valence electrons. The molecule has 45 heavy (non-hydrogen) atoms. The van der Waals surface area contributed by atoms with Crippen LogP contribution in [-0.4, -0.2) is 57.8 Å². The number of aromatic nitrogens is 3. The zero-order valence-corrected chi connectivity index (χ0v) is 25.8. The fraction of sp³-hybridized carbons (Fsp3) is 0.333. The Morgan fingerprint density at radius 2 is 1.78 bits per heavy atom. The van der Waals surface area contributed by atoms with Gasteiger partial charge in [-0.3, -0.25) is 14.2 Å². The molecule has 1 aliphatic rings. The SMILES string of the molecule is COc1cc(-c2cccc(-c3cccc(NC(=O)c4nn(C)c(=O)n(C)c4=O)c3C)c2C)cc(F)c1CN[C@@H]1CCOC[C@@H]1O. The smallest absolute Gasteiger partial charge is 0.346 e. The van der Waals surface area contributed by atoms with Crippen LogP contribution in [0.4, 0.5) is 10.1 Å². The first-order valence-corrected chi connectivity index (χ1v) is 14.5. The van der Waals surface area contributed by atoms with Gasteiger partial charge in [0.1, 0.15) is 11.6 Å². The summed E-state index contributed by atoms with van der Waals surface area (Å²) >= 11 is 0. The van der Waals surface area contributed by atoms with Crippen molar-refractivity contribution in [2.75, 3.05) is 25.6 Å². The molecule has 1 fully saturated rings. The van der Waals surface area contributed by atoms with Crippen LogP contribution in [0.2, 0.25) is 0 Å². The average molecular weight is 618 g/mol. The zero-order chi connectivity index (χ0) is 32.4. The number of hydrogen-bond donors (Lipinski definition) is 3. The maximum absolute atomic E-state index is 15.6. The van der Waals surface area contributed by atoms with Crippen molar-refractivity contribution < 1.29 is 23.8 Å². The monoisotopic (exact) mass is 617 g/mol. The molecule has 1 aliphatic heterocycles. The molecule has 0 bridgehead atoms. The third-order valence-electron chi connectivity index (χ3n) is 8.29. The molecule has 2 atom stereocenters. The first-order chi connectivity index (χ1) is 21.5. The number of aliphatic hydroxyl groups excluding tert-OH is 1. The molecule has 0 saturated carbocycles. The number of methoxy groups -OCH3 is 1. The van der Waals surface area contributed by atoms with Crippen molar-refractivity contribution in [3.05, 3.63) is 97.6 Å². The van der Waals surface area contributed by atoms with E-state index in [9.17, 15) is 19.5 Å². The Balaban J connectivity index is 1.45. The van der Waals surface area contributed by atoms with Gasteiger partial charge in [0.2, 0.25) is 5.69 Å². The van der Waals surface area contributed by atoms with Gasteiger partial charge >= 0.3 is 5.69 Å². The number of hydrogen-bond acceptors (Lipinski definition) is 8. The lowest BCUT2D eigenvalue weighted by Crippen LogP contribution is -2.46. The lowest BCUT2D eigenvalue weighted by molar-refractivity contribution is -0.0281. The van der Waals surface area contributed by atoms with E-state index in [0.717, 1.165) is 37.1 Å². The molecule has 0 spiro atoms. The number of rotatable bonds is 8. The van der Waals surface area contributed by atoms with Crippen LogP contribution < -0.4 is 26.6 Å². The highest BCUT2D eigenvalue weighted by Gasteiger charge is 2.25. The maximum Gasteiger partial charge on any atom is 0.346 e. The Hall–Kier alpha value is -4.65. The van der Waals surface area contributed by atoms with Gasteiger partial charge in [0.05, 0.1) is 19.8 Å². The van der Waals surface area contributed by atoms with Crippen molar-refractivity contribution >= 4 is 11.6 Å². The number of benzene rings is 3. The summed E-state index contributed by atoms with van der Waals surface area (Å²) in [4.78, 5) is 37.6. The van der Waals surface area contributed by atoms with Crippen molar-refractivity contribution in [3.63, 3.8) is 0 Å². The average Bonchev–Trinajstić information content (AvgIpc) is 3.02. The summed E-state index contributed by atoms with van der Waals surface area (Å²) in [5.41, 5.74) is 3.78. The van der Waals surface area contributed by atoms with Crippen LogP contribution in [0.5, 0.6) is 5.75 Å². The van der Waals surface area contributed by atoms with E-state index < -0.39 is 34.8 Å². The Kier molecular flexibility index (Phi) is 9.28. The second-order valence-electron chi connectivity index (χ2n) is 11.1. The number of nitrogens with one attached hydrogen (secondary N) is 2. The first kappa shape index (κ1) is 31.8. The van der Waals surface area contributed by atoms with Gasteiger partial charge in [-0.25, -0.2) is 13.9 Å². The van der Waals surface area contributed by atoms with Crippen LogP contribution in [0.3, 0.4) is 0 Å². The van der Waals surface area contributed by atoms with Crippen LogP contribution in [0.25, 0.3) is 22.3 Å². The number of aliphatic hydroxyl groups is 1. The highest BCUT2D eigenvalue weighted by Crippen LogP contribution is 2.37. The summed E-state index contributed by atoms with van der Waals surface area (Å²) in [6, 6.07) is 14.2. The number of nitrogens with zero attached hydrogens (tertiary/aromatic N) is 3. The van der Waals surface area contributed by atoms with E-state index in [4.69, 9.17) is 9.47 Å². The summed E-state index contributed by atoms with van der Waals surface area (Å²) in [6.45, 7) is 4.76. The minimum atomic E-state index is -0.793. The molecule has 3 N–H and O–H groups in total. The fourth-order valence-electron chi connectivity index (χ4n) is 5.64. The molecular weight excluding hydrogens is 581 g/mol. The van der Waals surface area contributed by atoms with E-state index >= 15 is 4.39 Å². The second-order valence-corrected chi connectivity index (χ2v) is 11.1. The number of carbonyl (C=O) groups excluding carboxylic acids is 1. The van der Waals surface area contributed by atoms with Gasteiger partial charge < -0.3 is 25.2 Å². The minimum Gasteiger partial charge on any atom is -0.496 e. The summed E-state index contributed by atoms with van der Waals surface area (Å²) in [6.07, 6.45) is -0.0347. The van der Waals surface area contributed by atoms with Gasteiger partial charge in [-0.05, 0) is 71.8 Å². The normalized spacial score (nSPS) is 16.4. The van der Waals surface area contributed by atoms with E-state index in [1.165, 1.54) is 27.3 Å². The lowest BCUT2D eigenvalue weighted by Gasteiger charge is -2.29. The van der Waals surface area contributed by atoms with Crippen molar-refractivity contribution in [2.45, 2.75) is 39.0 Å². The molecule has 0 aliphatic carbocycles. The molecule has 1 saturated heterocycles. The summed E-state index contributed by atoms with van der Waals surface area (Å²) < 4.78 is 28.2. The number of amides is 1. The topological polar surface area (TPSA) is 137 Å². The number of aryl methyl sites for hydroxylation is 1. The maximum atomic E-state index is 15.6. The summed E-state index contributed by atoms with van der Waals surface area (Å²) in [7, 11) is 4.15. The van der Waals surface area contributed by atoms with E-state index in [1.807, 2.05) is 38.1 Å². The predicted molar refractivity (Wildman–Crippen MR) is 168 cm³/mol. The third kappa shape index (κ3) is 6.30. The third-order valence-corrected chi connectivity index (χ3v) is 8.29. The lowest BCUT2D eigenvalue weighted by atomic mass is 9.90. The molecule has 1 amide bonds. The Morgan fingerprint density at radius 1 is 1.09 bits per heavy atom. The quantitative estimate of drug-likeness (QED) is 0.275. The molecule has 3 aromatic carbocycles. The van der Waals surface area contributed by atoms with E-state index in [2.05, 4.69) is 15.7 Å². The van der Waals surface area contributed by atoms with Crippen LogP contribution in [0.15, 0.2) is 58.1 Å². The van der Waals surface area contributed by atoms with Gasteiger partial charge in [0.15, 0.2) is 0 Å². The van der Waals surface area contributed by atoms with Crippen molar-refractivity contribution in [1.82, 2.24) is 19.7 Å². The Bertz CT molecular complexity index is 1890. The highest BCUT2D eigenvalue weighted by atomic mass is 19.1. The van der Waals surface area contributed by atoms with Crippen molar-refractivity contribution in [2.24, 2.45) is 14.1 Å². The molecule has 0 radical (unpaired) electrons. The van der Waals surface area contributed by atoms with E-state index in [-0.39, 0.29) is 19.2 Å². The zero-order valence-electron chi connectivity index (χ0n) is 25.8. The summed E-state index contributed by atoms with van der Waals surface area (Å²) in [5.74, 6) is -0.773. The summed E-state index contributed by atoms with van der Waals surface area (Å²) in [5, 5.41) is 20.1. The fourth-order valence-corrected chi connectivity index (χ4v) is 5.64. The van der Waals surface area contributed by atoms with Crippen LogP contribution in [0.1, 0.15) is 33.6 Å². The molecule has 12 heteroatoms. The van der Waals surface area contributed by atoms with Crippen molar-refractivity contribution in [3.8, 4) is 28.0 Å². The van der Waals surface area contributed by atoms with Crippen LogP contribution >= 0.6 is 0 Å². The predicted octanol–water partition coefficient (Wildman–Crippen LogP) is 3.07. The van der Waals surface area contributed by atoms with Gasteiger partial charge in [-0.15, -0.1) is 0 Å². The number of halogens is 1. The molecule has 11 nitrogen and oxygen atoms in total. The minimum absolute atomic E-state index is 0.189. The standard InChI is InChI=1S/C33H36FN5O6/c1-18-21(20-14-25(34)24(29(15-20)44-5)16-35-27-12-13-45-17-28(27)40)8-6-9-22(18)23-10-7-11-26(19(23)2)36-31(41)30-32(42)38(3)33(43)39(4)37-30/h6-11,14-15,27-28,35,40H,12-13,16-17H2,1-5H3,(H,36,41)/t27-,28+/m1/s1. The van der Waals surface area contributed by atoms with E-state index in [0.29, 0.717) is 35.6 Å². The molecule has 5 rings (SSSR count). The van der Waals surface area contributed by atoms with Gasteiger partial charge in [0.25, 0.3) is 11.5 Å².